The summed E-state index contributed by atoms with van der Waals surface area (Å²) >= 11 is 7.66. The van der Waals surface area contributed by atoms with E-state index in [0.717, 1.165) is 46.4 Å². The summed E-state index contributed by atoms with van der Waals surface area (Å²) in [4.78, 5) is 19.8. The van der Waals surface area contributed by atoms with Crippen LogP contribution in [-0.2, 0) is 13.0 Å². The molecule has 0 amide bonds. The average molecular weight is 591 g/mol. The lowest BCUT2D eigenvalue weighted by atomic mass is 9.83. The molecule has 0 spiro atoms. The van der Waals surface area contributed by atoms with Crippen LogP contribution in [0, 0.1) is 0 Å². The Morgan fingerprint density at radius 1 is 0.952 bits per heavy atom. The van der Waals surface area contributed by atoms with Gasteiger partial charge in [-0.1, -0.05) is 95.7 Å². The van der Waals surface area contributed by atoms with E-state index in [9.17, 15) is 4.79 Å². The van der Waals surface area contributed by atoms with Gasteiger partial charge in [0, 0.05) is 10.6 Å². The van der Waals surface area contributed by atoms with Crippen molar-refractivity contribution < 1.29 is 9.47 Å². The number of nitrogens with zero attached hydrogens (tertiary/aromatic N) is 2. The first-order chi connectivity index (χ1) is 20.6. The molecule has 0 bridgehead atoms. The van der Waals surface area contributed by atoms with Gasteiger partial charge in [-0.25, -0.2) is 4.99 Å². The zero-order valence-electron chi connectivity index (χ0n) is 22.9. The number of aryl methyl sites for hydroxylation is 1. The topological polar surface area (TPSA) is 52.8 Å². The fraction of sp³-hybridized carbons (Fsp3) is 0.143. The monoisotopic (exact) mass is 590 g/mol. The molecule has 0 N–H and O–H groups in total. The van der Waals surface area contributed by atoms with Gasteiger partial charge in [0.2, 0.25) is 0 Å². The number of thiazole rings is 1. The van der Waals surface area contributed by atoms with E-state index in [1.54, 1.807) is 7.11 Å². The second kappa shape index (κ2) is 11.1. The fourth-order valence-electron chi connectivity index (χ4n) is 5.75. The predicted molar refractivity (Wildman–Crippen MR) is 168 cm³/mol. The maximum atomic E-state index is 14.0. The highest BCUT2D eigenvalue weighted by atomic mass is 35.5. The molecular formula is C35H27ClN2O3S. The first-order valence-electron chi connectivity index (χ1n) is 13.8. The van der Waals surface area contributed by atoms with Crippen molar-refractivity contribution in [2.45, 2.75) is 25.5 Å². The summed E-state index contributed by atoms with van der Waals surface area (Å²) in [6, 6.07) is 31.7. The van der Waals surface area contributed by atoms with Gasteiger partial charge in [-0.2, -0.15) is 0 Å². The molecule has 4 aromatic carbocycles. The molecule has 0 fully saturated rings. The summed E-state index contributed by atoms with van der Waals surface area (Å²) in [5.74, 6) is 1.26. The highest BCUT2D eigenvalue weighted by Gasteiger charge is 2.32. The van der Waals surface area contributed by atoms with Crippen LogP contribution in [0.4, 0.5) is 0 Å². The Balaban J connectivity index is 1.32. The third-order valence-corrected chi connectivity index (χ3v) is 9.02. The normalized spacial score (nSPS) is 15.9. The molecule has 7 heteroatoms. The molecular weight excluding hydrogens is 564 g/mol. The van der Waals surface area contributed by atoms with Gasteiger partial charge in [-0.05, 0) is 71.0 Å². The molecule has 2 aliphatic rings. The SMILES string of the molecule is COc1cc(/C=c2/sc3n(c2=O)[C@H](c2ccc(Cl)cc2)C2=C(N=3)c3ccccc3CC2)ccc1OCc1ccccc1. The molecule has 0 unspecified atom stereocenters. The van der Waals surface area contributed by atoms with E-state index in [-0.39, 0.29) is 11.6 Å². The van der Waals surface area contributed by atoms with Gasteiger partial charge in [0.05, 0.1) is 23.4 Å². The number of ether oxygens (including phenoxy) is 2. The van der Waals surface area contributed by atoms with Gasteiger partial charge in [0.25, 0.3) is 5.56 Å². The summed E-state index contributed by atoms with van der Waals surface area (Å²) in [5, 5.41) is 0.666. The maximum absolute atomic E-state index is 14.0. The van der Waals surface area contributed by atoms with Crippen LogP contribution in [-0.4, -0.2) is 11.7 Å². The highest BCUT2D eigenvalue weighted by Crippen LogP contribution is 2.41. The number of hydrogen-bond acceptors (Lipinski definition) is 5. The Hall–Kier alpha value is -4.39. The van der Waals surface area contributed by atoms with E-state index < -0.39 is 0 Å². The number of halogens is 1. The smallest absolute Gasteiger partial charge is 0.271 e. The first-order valence-corrected chi connectivity index (χ1v) is 15.0. The predicted octanol–water partition coefficient (Wildman–Crippen LogP) is 6.56. The zero-order chi connectivity index (χ0) is 28.6. The third-order valence-electron chi connectivity index (χ3n) is 7.78. The number of aromatic nitrogens is 1. The second-order valence-electron chi connectivity index (χ2n) is 10.3. The van der Waals surface area contributed by atoms with Gasteiger partial charge in [0.1, 0.15) is 6.61 Å². The van der Waals surface area contributed by atoms with Gasteiger partial charge >= 0.3 is 0 Å². The quantitative estimate of drug-likeness (QED) is 0.225. The number of rotatable bonds is 6. The fourth-order valence-corrected chi connectivity index (χ4v) is 6.87. The highest BCUT2D eigenvalue weighted by molar-refractivity contribution is 7.07. The summed E-state index contributed by atoms with van der Waals surface area (Å²) in [5.41, 5.74) is 7.46. The van der Waals surface area contributed by atoms with Crippen LogP contribution in [0.25, 0.3) is 11.8 Å². The molecule has 5 aromatic rings. The first kappa shape index (κ1) is 26.5. The van der Waals surface area contributed by atoms with Crippen LogP contribution >= 0.6 is 22.9 Å². The summed E-state index contributed by atoms with van der Waals surface area (Å²) in [6.45, 7) is 0.438. The molecule has 1 aliphatic heterocycles. The molecule has 0 saturated heterocycles. The van der Waals surface area contributed by atoms with Gasteiger partial charge in [-0.3, -0.25) is 9.36 Å². The Kier molecular flexibility index (Phi) is 7.02. The molecule has 5 nitrogen and oxygen atoms in total. The van der Waals surface area contributed by atoms with Crippen molar-refractivity contribution in [1.29, 1.82) is 0 Å². The molecule has 208 valence electrons. The molecule has 2 heterocycles. The number of hydrogen-bond donors (Lipinski definition) is 0. The van der Waals surface area contributed by atoms with Crippen molar-refractivity contribution in [2.24, 2.45) is 4.99 Å². The average Bonchev–Trinajstić information content (AvgIpc) is 3.34. The molecule has 1 atom stereocenters. The minimum absolute atomic E-state index is 0.0625. The van der Waals surface area contributed by atoms with Crippen LogP contribution in [0.3, 0.4) is 0 Å². The largest absolute Gasteiger partial charge is 0.493 e. The summed E-state index contributed by atoms with van der Waals surface area (Å²) < 4.78 is 14.1. The molecule has 42 heavy (non-hydrogen) atoms. The summed E-state index contributed by atoms with van der Waals surface area (Å²) in [7, 11) is 1.62. The van der Waals surface area contributed by atoms with Crippen LogP contribution in [0.1, 0.15) is 40.3 Å². The van der Waals surface area contributed by atoms with Gasteiger partial charge in [-0.15, -0.1) is 0 Å². The van der Waals surface area contributed by atoms with Gasteiger partial charge in [0.15, 0.2) is 16.3 Å². The van der Waals surface area contributed by atoms with Crippen molar-refractivity contribution in [3.63, 3.8) is 0 Å². The van der Waals surface area contributed by atoms with Crippen LogP contribution in [0.2, 0.25) is 5.02 Å². The lowest BCUT2D eigenvalue weighted by molar-refractivity contribution is 0.284. The number of fused-ring (bicyclic) bond motifs is 3. The van der Waals surface area contributed by atoms with Crippen molar-refractivity contribution >= 4 is 34.7 Å². The summed E-state index contributed by atoms with van der Waals surface area (Å²) in [6.07, 6.45) is 3.66. The van der Waals surface area contributed by atoms with E-state index >= 15 is 0 Å². The van der Waals surface area contributed by atoms with Crippen LogP contribution in [0.15, 0.2) is 112 Å². The zero-order valence-corrected chi connectivity index (χ0v) is 24.5. The second-order valence-corrected chi connectivity index (χ2v) is 11.8. The van der Waals surface area contributed by atoms with Crippen molar-refractivity contribution in [3.05, 3.63) is 155 Å². The van der Waals surface area contributed by atoms with E-state index in [1.807, 2.05) is 83.4 Å². The molecule has 0 radical (unpaired) electrons. The minimum atomic E-state index is -0.243. The Morgan fingerprint density at radius 2 is 1.74 bits per heavy atom. The standard InChI is InChI=1S/C35H27ClN2O3S/c1-40-30-19-23(11-18-29(30)41-21-22-7-3-2-4-8-22)20-31-34(39)38-33(25-12-15-26(36)16-13-25)28-17-14-24-9-5-6-10-27(24)32(28)37-35(38)42-31/h2-13,15-16,18-20,33H,14,17,21H2,1H3/b31-20+/t33-/m1/s1. The molecule has 1 aliphatic carbocycles. The number of benzene rings is 4. The Bertz CT molecular complexity index is 2010. The van der Waals surface area contributed by atoms with Gasteiger partial charge < -0.3 is 9.47 Å². The van der Waals surface area contributed by atoms with E-state index in [1.165, 1.54) is 16.9 Å². The number of allylic oxidation sites excluding steroid dienone is 1. The van der Waals surface area contributed by atoms with Crippen molar-refractivity contribution in [2.75, 3.05) is 7.11 Å². The van der Waals surface area contributed by atoms with E-state index in [2.05, 4.69) is 24.3 Å². The minimum Gasteiger partial charge on any atom is -0.493 e. The molecule has 1 aromatic heterocycles. The molecule has 0 saturated carbocycles. The van der Waals surface area contributed by atoms with Crippen LogP contribution < -0.4 is 24.4 Å². The molecule has 7 rings (SSSR count). The van der Waals surface area contributed by atoms with E-state index in [0.29, 0.717) is 32.5 Å². The lowest BCUT2D eigenvalue weighted by Crippen LogP contribution is -2.38. The van der Waals surface area contributed by atoms with E-state index in [4.69, 9.17) is 26.1 Å². The van der Waals surface area contributed by atoms with Crippen molar-refractivity contribution in [1.82, 2.24) is 4.57 Å². The number of methoxy groups -OCH3 is 1. The third kappa shape index (κ3) is 4.87. The maximum Gasteiger partial charge on any atom is 0.271 e. The lowest BCUT2D eigenvalue weighted by Gasteiger charge is -2.30. The van der Waals surface area contributed by atoms with Crippen LogP contribution in [0.5, 0.6) is 11.5 Å². The van der Waals surface area contributed by atoms with Crippen molar-refractivity contribution in [3.8, 4) is 11.5 Å². The Labute approximate surface area is 252 Å². The Morgan fingerprint density at radius 3 is 2.55 bits per heavy atom.